The second-order valence-electron chi connectivity index (χ2n) is 6.80. The van der Waals surface area contributed by atoms with Crippen LogP contribution in [0.2, 0.25) is 0 Å². The van der Waals surface area contributed by atoms with Gasteiger partial charge in [0.1, 0.15) is 5.75 Å². The number of amides is 2. The lowest BCUT2D eigenvalue weighted by atomic mass is 10.1. The molecule has 4 rings (SSSR count). The minimum absolute atomic E-state index is 0.259. The van der Waals surface area contributed by atoms with Gasteiger partial charge in [0.2, 0.25) is 0 Å². The van der Waals surface area contributed by atoms with E-state index in [1.54, 1.807) is 42.8 Å². The van der Waals surface area contributed by atoms with Crippen molar-refractivity contribution in [3.8, 4) is 11.4 Å². The molecular weight excluding hydrogens is 370 g/mol. The Bertz CT molecular complexity index is 1100. The van der Waals surface area contributed by atoms with Crippen LogP contribution in [0.5, 0.6) is 5.75 Å². The smallest absolute Gasteiger partial charge is 0.270 e. The fourth-order valence-corrected chi connectivity index (χ4v) is 3.34. The van der Waals surface area contributed by atoms with Gasteiger partial charge in [0.25, 0.3) is 11.8 Å². The number of benzene rings is 2. The molecule has 0 radical (unpaired) electrons. The van der Waals surface area contributed by atoms with E-state index in [9.17, 15) is 14.4 Å². The average molecular weight is 389 g/mol. The summed E-state index contributed by atoms with van der Waals surface area (Å²) in [4.78, 5) is 39.5. The molecule has 2 heterocycles. The van der Waals surface area contributed by atoms with Crippen LogP contribution < -0.4 is 4.74 Å². The van der Waals surface area contributed by atoms with E-state index in [0.29, 0.717) is 17.0 Å². The number of ketones is 1. The maximum atomic E-state index is 13.0. The summed E-state index contributed by atoms with van der Waals surface area (Å²) in [5, 5.41) is 4.29. The van der Waals surface area contributed by atoms with E-state index in [-0.39, 0.29) is 17.9 Å². The first-order valence-corrected chi connectivity index (χ1v) is 9.22. The minimum Gasteiger partial charge on any atom is -0.480 e. The summed E-state index contributed by atoms with van der Waals surface area (Å²) in [6.45, 7) is 2.97. The molecule has 7 heteroatoms. The molecule has 7 nitrogen and oxygen atoms in total. The molecule has 1 aliphatic rings. The number of para-hydroxylation sites is 2. The third kappa shape index (κ3) is 3.31. The number of hydrogen-bond acceptors (Lipinski definition) is 5. The lowest BCUT2D eigenvalue weighted by Gasteiger charge is -2.19. The number of hydrogen-bond donors (Lipinski definition) is 0. The zero-order chi connectivity index (χ0) is 20.5. The van der Waals surface area contributed by atoms with E-state index in [1.807, 2.05) is 30.3 Å². The van der Waals surface area contributed by atoms with Crippen LogP contribution in [0, 0.1) is 6.92 Å². The number of rotatable bonds is 4. The van der Waals surface area contributed by atoms with E-state index in [2.05, 4.69) is 5.10 Å². The van der Waals surface area contributed by atoms with Gasteiger partial charge in [-0.1, -0.05) is 30.3 Å². The molecule has 1 aliphatic heterocycles. The Morgan fingerprint density at radius 3 is 2.52 bits per heavy atom. The highest BCUT2D eigenvalue weighted by Crippen LogP contribution is 2.26. The van der Waals surface area contributed by atoms with Crippen molar-refractivity contribution in [1.29, 1.82) is 0 Å². The molecule has 1 aromatic heterocycles. The average Bonchev–Trinajstić information content (AvgIpc) is 3.09. The third-order valence-corrected chi connectivity index (χ3v) is 4.89. The van der Waals surface area contributed by atoms with Gasteiger partial charge in [0, 0.05) is 0 Å². The Morgan fingerprint density at radius 2 is 1.76 bits per heavy atom. The molecule has 2 aromatic carbocycles. The van der Waals surface area contributed by atoms with Gasteiger partial charge in [0.15, 0.2) is 11.9 Å². The van der Waals surface area contributed by atoms with Crippen molar-refractivity contribution in [2.75, 3.05) is 6.54 Å². The summed E-state index contributed by atoms with van der Waals surface area (Å²) in [6, 6.07) is 16.1. The SMILES string of the molecule is Cc1c(C(=O)CN2C(=O)c3ccccc3OC(C)C2=O)cnn1-c1ccccc1. The highest BCUT2D eigenvalue weighted by atomic mass is 16.5. The quantitative estimate of drug-likeness (QED) is 0.506. The maximum Gasteiger partial charge on any atom is 0.270 e. The van der Waals surface area contributed by atoms with E-state index >= 15 is 0 Å². The molecular formula is C22H19N3O4. The number of ether oxygens (including phenoxy) is 1. The Labute approximate surface area is 167 Å². The van der Waals surface area contributed by atoms with E-state index in [4.69, 9.17) is 4.74 Å². The largest absolute Gasteiger partial charge is 0.480 e. The molecule has 1 unspecified atom stereocenters. The van der Waals surface area contributed by atoms with Gasteiger partial charge in [0.05, 0.1) is 35.2 Å². The van der Waals surface area contributed by atoms with Crippen LogP contribution in [0.15, 0.2) is 60.8 Å². The number of Topliss-reactive ketones (excluding diaryl/α,β-unsaturated/α-hetero) is 1. The van der Waals surface area contributed by atoms with Crippen molar-refractivity contribution in [2.45, 2.75) is 20.0 Å². The fraction of sp³-hybridized carbons (Fsp3) is 0.182. The predicted octanol–water partition coefficient (Wildman–Crippen LogP) is 2.81. The summed E-state index contributed by atoms with van der Waals surface area (Å²) >= 11 is 0. The highest BCUT2D eigenvalue weighted by molar-refractivity contribution is 6.12. The minimum atomic E-state index is -0.872. The van der Waals surface area contributed by atoms with Crippen molar-refractivity contribution < 1.29 is 19.1 Å². The molecule has 0 saturated heterocycles. The van der Waals surface area contributed by atoms with Crippen LogP contribution in [0.3, 0.4) is 0 Å². The molecule has 0 N–H and O–H groups in total. The van der Waals surface area contributed by atoms with Gasteiger partial charge in [-0.3, -0.25) is 19.3 Å². The van der Waals surface area contributed by atoms with Crippen LogP contribution >= 0.6 is 0 Å². The summed E-state index contributed by atoms with van der Waals surface area (Å²) in [6.07, 6.45) is 0.592. The van der Waals surface area contributed by atoms with Gasteiger partial charge in [-0.05, 0) is 38.1 Å². The third-order valence-electron chi connectivity index (χ3n) is 4.89. The summed E-state index contributed by atoms with van der Waals surface area (Å²) < 4.78 is 7.26. The van der Waals surface area contributed by atoms with Crippen molar-refractivity contribution >= 4 is 17.6 Å². The highest BCUT2D eigenvalue weighted by Gasteiger charge is 2.35. The van der Waals surface area contributed by atoms with E-state index in [1.165, 1.54) is 6.20 Å². The molecule has 0 spiro atoms. The Balaban J connectivity index is 1.64. The van der Waals surface area contributed by atoms with Crippen LogP contribution in [0.4, 0.5) is 0 Å². The molecule has 1 atom stereocenters. The first-order chi connectivity index (χ1) is 14.0. The summed E-state index contributed by atoms with van der Waals surface area (Å²) in [5.74, 6) is -1.12. The second-order valence-corrected chi connectivity index (χ2v) is 6.80. The predicted molar refractivity (Wildman–Crippen MR) is 105 cm³/mol. The van der Waals surface area contributed by atoms with Crippen molar-refractivity contribution in [3.63, 3.8) is 0 Å². The maximum absolute atomic E-state index is 13.0. The monoisotopic (exact) mass is 389 g/mol. The zero-order valence-electron chi connectivity index (χ0n) is 16.0. The molecule has 0 aliphatic carbocycles. The lowest BCUT2D eigenvalue weighted by Crippen LogP contribution is -2.44. The van der Waals surface area contributed by atoms with Crippen LogP contribution in [-0.2, 0) is 4.79 Å². The van der Waals surface area contributed by atoms with Gasteiger partial charge >= 0.3 is 0 Å². The first kappa shape index (κ1) is 18.6. The number of fused-ring (bicyclic) bond motifs is 1. The van der Waals surface area contributed by atoms with Crippen molar-refractivity contribution in [1.82, 2.24) is 14.7 Å². The lowest BCUT2D eigenvalue weighted by molar-refractivity contribution is -0.134. The summed E-state index contributed by atoms with van der Waals surface area (Å²) in [5.41, 5.74) is 2.08. The molecule has 3 aromatic rings. The Hall–Kier alpha value is -3.74. The molecule has 146 valence electrons. The molecule has 0 fully saturated rings. The normalized spacial score (nSPS) is 16.2. The topological polar surface area (TPSA) is 81.5 Å². The van der Waals surface area contributed by atoms with Crippen molar-refractivity contribution in [2.24, 2.45) is 0 Å². The molecule has 0 bridgehead atoms. The van der Waals surface area contributed by atoms with Gasteiger partial charge in [-0.15, -0.1) is 0 Å². The van der Waals surface area contributed by atoms with Crippen LogP contribution in [-0.4, -0.2) is 44.9 Å². The fourth-order valence-electron chi connectivity index (χ4n) is 3.34. The molecule has 2 amide bonds. The number of nitrogens with zero attached hydrogens (tertiary/aromatic N) is 3. The van der Waals surface area contributed by atoms with E-state index < -0.39 is 17.9 Å². The van der Waals surface area contributed by atoms with Gasteiger partial charge < -0.3 is 4.74 Å². The van der Waals surface area contributed by atoms with Gasteiger partial charge in [-0.2, -0.15) is 5.10 Å². The van der Waals surface area contributed by atoms with Crippen molar-refractivity contribution in [3.05, 3.63) is 77.6 Å². The zero-order valence-corrected chi connectivity index (χ0v) is 16.0. The number of carbonyl (C=O) groups is 3. The van der Waals surface area contributed by atoms with Crippen LogP contribution in [0.25, 0.3) is 5.69 Å². The van der Waals surface area contributed by atoms with Crippen LogP contribution in [0.1, 0.15) is 33.3 Å². The number of imide groups is 1. The Morgan fingerprint density at radius 1 is 1.07 bits per heavy atom. The first-order valence-electron chi connectivity index (χ1n) is 9.22. The second kappa shape index (κ2) is 7.35. The van der Waals surface area contributed by atoms with Gasteiger partial charge in [-0.25, -0.2) is 4.68 Å². The molecule has 0 saturated carbocycles. The Kier molecular flexibility index (Phi) is 4.72. The molecule has 29 heavy (non-hydrogen) atoms. The standard InChI is InChI=1S/C22H19N3O4/c1-14-18(12-23-25(14)16-8-4-3-5-9-16)19(26)13-24-21(27)15(2)29-20-11-7-6-10-17(20)22(24)28/h3-12,15H,13H2,1-2H3. The van der Waals surface area contributed by atoms with E-state index in [0.717, 1.165) is 10.6 Å². The summed E-state index contributed by atoms with van der Waals surface area (Å²) in [7, 11) is 0. The number of carbonyl (C=O) groups excluding carboxylic acids is 3. The number of aromatic nitrogens is 2.